The fourth-order valence-electron chi connectivity index (χ4n) is 4.67. The maximum Gasteiger partial charge on any atom is 0.222 e. The molecule has 1 atom stereocenters. The van der Waals surface area contributed by atoms with Crippen molar-refractivity contribution in [3.63, 3.8) is 0 Å². The average molecular weight is 380 g/mol. The molecule has 0 aromatic carbocycles. The van der Waals surface area contributed by atoms with E-state index < -0.39 is 0 Å². The molecule has 0 radical (unpaired) electrons. The van der Waals surface area contributed by atoms with Crippen molar-refractivity contribution in [2.24, 2.45) is 11.7 Å². The first-order chi connectivity index (χ1) is 13.2. The Morgan fingerprint density at radius 1 is 0.926 bits per heavy atom. The van der Waals surface area contributed by atoms with E-state index in [1.54, 1.807) is 0 Å². The molecule has 2 fully saturated rings. The summed E-state index contributed by atoms with van der Waals surface area (Å²) in [6.07, 6.45) is 16.5. The zero-order valence-corrected chi connectivity index (χ0v) is 17.2. The van der Waals surface area contributed by atoms with Gasteiger partial charge in [-0.3, -0.25) is 9.59 Å². The molecule has 156 valence electrons. The zero-order chi connectivity index (χ0) is 19.3. The summed E-state index contributed by atoms with van der Waals surface area (Å²) < 4.78 is 0. The number of nitrogens with one attached hydrogen (secondary N) is 1. The average Bonchev–Trinajstić information content (AvgIpc) is 3.13. The van der Waals surface area contributed by atoms with Gasteiger partial charge in [0.2, 0.25) is 11.8 Å². The number of hydrogen-bond donors (Lipinski definition) is 2. The summed E-state index contributed by atoms with van der Waals surface area (Å²) >= 11 is 0. The third kappa shape index (κ3) is 8.63. The third-order valence-electron chi connectivity index (χ3n) is 6.30. The Bertz CT molecular complexity index is 435. The predicted molar refractivity (Wildman–Crippen MR) is 110 cm³/mol. The predicted octanol–water partition coefficient (Wildman–Crippen LogP) is 3.75. The van der Waals surface area contributed by atoms with E-state index in [1.807, 2.05) is 4.90 Å². The van der Waals surface area contributed by atoms with Gasteiger partial charge in [-0.25, -0.2) is 0 Å². The van der Waals surface area contributed by atoms with Crippen LogP contribution in [0.2, 0.25) is 0 Å². The van der Waals surface area contributed by atoms with Crippen LogP contribution in [0, 0.1) is 5.92 Å². The van der Waals surface area contributed by atoms with Crippen molar-refractivity contribution in [2.45, 2.75) is 102 Å². The van der Waals surface area contributed by atoms with Gasteiger partial charge >= 0.3 is 0 Å². The van der Waals surface area contributed by atoms with Gasteiger partial charge in [0, 0.05) is 32.0 Å². The molecule has 1 unspecified atom stereocenters. The van der Waals surface area contributed by atoms with Crippen molar-refractivity contribution in [3.8, 4) is 0 Å². The lowest BCUT2D eigenvalue weighted by Crippen LogP contribution is -2.39. The number of hydrogen-bond acceptors (Lipinski definition) is 3. The van der Waals surface area contributed by atoms with Crippen LogP contribution >= 0.6 is 0 Å². The topological polar surface area (TPSA) is 75.4 Å². The molecule has 1 heterocycles. The molecular formula is C22H41N3O2. The monoisotopic (exact) mass is 379 g/mol. The number of likely N-dealkylation sites (tertiary alicyclic amines) is 1. The SMILES string of the molecule is NCCCCCCNC(=O)CC1CCCN1C(=O)CCCC1CCCCC1. The highest BCUT2D eigenvalue weighted by Crippen LogP contribution is 2.28. The van der Waals surface area contributed by atoms with E-state index in [4.69, 9.17) is 5.73 Å². The Labute approximate surface area is 165 Å². The highest BCUT2D eigenvalue weighted by molar-refractivity contribution is 5.80. The summed E-state index contributed by atoms with van der Waals surface area (Å²) in [5.41, 5.74) is 5.49. The lowest BCUT2D eigenvalue weighted by Gasteiger charge is -2.25. The second kappa shape index (κ2) is 13.1. The smallest absolute Gasteiger partial charge is 0.222 e. The lowest BCUT2D eigenvalue weighted by atomic mass is 9.86. The van der Waals surface area contributed by atoms with Gasteiger partial charge in [-0.2, -0.15) is 0 Å². The van der Waals surface area contributed by atoms with Crippen LogP contribution in [0.25, 0.3) is 0 Å². The molecule has 0 bridgehead atoms. The fourth-order valence-corrected chi connectivity index (χ4v) is 4.67. The third-order valence-corrected chi connectivity index (χ3v) is 6.30. The van der Waals surface area contributed by atoms with Gasteiger partial charge < -0.3 is 16.0 Å². The van der Waals surface area contributed by atoms with E-state index in [1.165, 1.54) is 38.5 Å². The van der Waals surface area contributed by atoms with Gasteiger partial charge in [-0.1, -0.05) is 44.9 Å². The molecule has 0 aromatic heterocycles. The molecule has 5 nitrogen and oxygen atoms in total. The number of nitrogens with zero attached hydrogens (tertiary/aromatic N) is 1. The lowest BCUT2D eigenvalue weighted by molar-refractivity contribution is -0.133. The molecule has 5 heteroatoms. The van der Waals surface area contributed by atoms with Crippen molar-refractivity contribution < 1.29 is 9.59 Å². The van der Waals surface area contributed by atoms with Crippen LogP contribution in [0.3, 0.4) is 0 Å². The van der Waals surface area contributed by atoms with Crippen LogP contribution in [-0.4, -0.2) is 42.4 Å². The Kier molecular flexibility index (Phi) is 10.8. The molecule has 2 amide bonds. The van der Waals surface area contributed by atoms with E-state index in [0.717, 1.165) is 70.5 Å². The van der Waals surface area contributed by atoms with Crippen molar-refractivity contribution in [3.05, 3.63) is 0 Å². The molecule has 2 rings (SSSR count). The number of carbonyl (C=O) groups excluding carboxylic acids is 2. The van der Waals surface area contributed by atoms with Crippen LogP contribution in [0.1, 0.15) is 96.3 Å². The molecular weight excluding hydrogens is 338 g/mol. The van der Waals surface area contributed by atoms with Crippen LogP contribution in [0.4, 0.5) is 0 Å². The number of unbranched alkanes of at least 4 members (excludes halogenated alkanes) is 3. The molecule has 1 saturated heterocycles. The van der Waals surface area contributed by atoms with E-state index in [2.05, 4.69) is 5.32 Å². The van der Waals surface area contributed by atoms with Crippen molar-refractivity contribution in [2.75, 3.05) is 19.6 Å². The van der Waals surface area contributed by atoms with E-state index in [9.17, 15) is 9.59 Å². The van der Waals surface area contributed by atoms with Crippen LogP contribution in [-0.2, 0) is 9.59 Å². The minimum Gasteiger partial charge on any atom is -0.356 e. The Hall–Kier alpha value is -1.10. The highest BCUT2D eigenvalue weighted by Gasteiger charge is 2.30. The van der Waals surface area contributed by atoms with Crippen molar-refractivity contribution in [1.29, 1.82) is 0 Å². The quantitative estimate of drug-likeness (QED) is 0.507. The number of nitrogens with two attached hydrogens (primary N) is 1. The Morgan fingerprint density at radius 2 is 1.70 bits per heavy atom. The van der Waals surface area contributed by atoms with E-state index in [0.29, 0.717) is 12.8 Å². The summed E-state index contributed by atoms with van der Waals surface area (Å²) in [6.45, 7) is 2.32. The van der Waals surface area contributed by atoms with Crippen LogP contribution in [0.15, 0.2) is 0 Å². The van der Waals surface area contributed by atoms with Gasteiger partial charge in [0.15, 0.2) is 0 Å². The van der Waals surface area contributed by atoms with E-state index >= 15 is 0 Å². The first kappa shape index (κ1) is 22.2. The highest BCUT2D eigenvalue weighted by atomic mass is 16.2. The second-order valence-corrected chi connectivity index (χ2v) is 8.54. The Balaban J connectivity index is 1.60. The van der Waals surface area contributed by atoms with Crippen LogP contribution in [0.5, 0.6) is 0 Å². The Morgan fingerprint density at radius 3 is 2.48 bits per heavy atom. The molecule has 0 spiro atoms. The molecule has 27 heavy (non-hydrogen) atoms. The standard InChI is InChI=1S/C22H41N3O2/c23-15-6-1-2-7-16-24-21(26)18-20-13-9-17-25(20)22(27)14-8-12-19-10-4-3-5-11-19/h19-20H,1-18,23H2,(H,24,26). The summed E-state index contributed by atoms with van der Waals surface area (Å²) in [7, 11) is 0. The largest absolute Gasteiger partial charge is 0.356 e. The minimum atomic E-state index is 0.0979. The van der Waals surface area contributed by atoms with Gasteiger partial charge in [0.25, 0.3) is 0 Å². The van der Waals surface area contributed by atoms with Gasteiger partial charge in [-0.15, -0.1) is 0 Å². The first-order valence-corrected chi connectivity index (χ1v) is 11.5. The summed E-state index contributed by atoms with van der Waals surface area (Å²) in [6, 6.07) is 0.115. The maximum atomic E-state index is 12.6. The summed E-state index contributed by atoms with van der Waals surface area (Å²) in [4.78, 5) is 26.8. The molecule has 3 N–H and O–H groups in total. The number of amides is 2. The number of rotatable bonds is 12. The molecule has 2 aliphatic rings. The van der Waals surface area contributed by atoms with Crippen molar-refractivity contribution in [1.82, 2.24) is 10.2 Å². The van der Waals surface area contributed by atoms with E-state index in [-0.39, 0.29) is 17.9 Å². The summed E-state index contributed by atoms with van der Waals surface area (Å²) in [5.74, 6) is 1.21. The van der Waals surface area contributed by atoms with Gasteiger partial charge in [0.05, 0.1) is 0 Å². The maximum absolute atomic E-state index is 12.6. The summed E-state index contributed by atoms with van der Waals surface area (Å²) in [5, 5.41) is 3.02. The van der Waals surface area contributed by atoms with Crippen molar-refractivity contribution >= 4 is 11.8 Å². The fraction of sp³-hybridized carbons (Fsp3) is 0.909. The molecule has 1 aliphatic carbocycles. The first-order valence-electron chi connectivity index (χ1n) is 11.5. The van der Waals surface area contributed by atoms with Gasteiger partial charge in [-0.05, 0) is 51.0 Å². The molecule has 0 aromatic rings. The van der Waals surface area contributed by atoms with Crippen LogP contribution < -0.4 is 11.1 Å². The second-order valence-electron chi connectivity index (χ2n) is 8.54. The minimum absolute atomic E-state index is 0.0979. The molecule has 1 saturated carbocycles. The number of carbonyl (C=O) groups is 2. The normalized spacial score (nSPS) is 20.8. The molecule has 1 aliphatic heterocycles. The van der Waals surface area contributed by atoms with Gasteiger partial charge in [0.1, 0.15) is 0 Å². The zero-order valence-electron chi connectivity index (χ0n) is 17.2.